The van der Waals surface area contributed by atoms with Crippen molar-refractivity contribution in [2.24, 2.45) is 4.99 Å². The highest BCUT2D eigenvalue weighted by atomic mass is 32.1. The predicted octanol–water partition coefficient (Wildman–Crippen LogP) is 2.61. The van der Waals surface area contributed by atoms with Crippen LogP contribution in [0.5, 0.6) is 0 Å². The minimum Gasteiger partial charge on any atom is -0.356 e. The van der Waals surface area contributed by atoms with Gasteiger partial charge in [0.1, 0.15) is 0 Å². The Kier molecular flexibility index (Phi) is 5.71. The van der Waals surface area contributed by atoms with Crippen LogP contribution in [0.3, 0.4) is 0 Å². The first kappa shape index (κ1) is 17.5. The Hall–Kier alpha value is -2.34. The van der Waals surface area contributed by atoms with Gasteiger partial charge in [0, 0.05) is 25.8 Å². The maximum atomic E-state index is 12.5. The van der Waals surface area contributed by atoms with E-state index in [1.165, 1.54) is 11.1 Å². The zero-order valence-electron chi connectivity index (χ0n) is 14.7. The highest BCUT2D eigenvalue weighted by molar-refractivity contribution is 7.07. The molecule has 1 aliphatic rings. The van der Waals surface area contributed by atoms with E-state index >= 15 is 0 Å². The fraction of sp³-hybridized carbons (Fsp3) is 0.368. The topological polar surface area (TPSA) is 56.7 Å². The molecule has 1 aliphatic heterocycles. The molecule has 2 heterocycles. The van der Waals surface area contributed by atoms with Crippen LogP contribution in [0.4, 0.5) is 5.69 Å². The van der Waals surface area contributed by atoms with Crippen LogP contribution in [0.1, 0.15) is 24.0 Å². The summed E-state index contributed by atoms with van der Waals surface area (Å²) in [6.07, 6.45) is 0.924. The monoisotopic (exact) mass is 356 g/mol. The summed E-state index contributed by atoms with van der Waals surface area (Å²) < 4.78 is 0. The van der Waals surface area contributed by atoms with Crippen molar-refractivity contribution in [2.75, 3.05) is 31.6 Å². The molecule has 0 aliphatic carbocycles. The van der Waals surface area contributed by atoms with Crippen molar-refractivity contribution in [1.29, 1.82) is 0 Å². The minimum atomic E-state index is 0.0683. The lowest BCUT2D eigenvalue weighted by molar-refractivity contribution is -0.117. The average Bonchev–Trinajstić information content (AvgIpc) is 3.31. The van der Waals surface area contributed by atoms with Gasteiger partial charge in [-0.25, -0.2) is 0 Å². The Morgan fingerprint density at radius 1 is 1.32 bits per heavy atom. The number of benzene rings is 1. The van der Waals surface area contributed by atoms with Crippen molar-refractivity contribution in [2.45, 2.75) is 19.3 Å². The van der Waals surface area contributed by atoms with Crippen LogP contribution in [0.2, 0.25) is 0 Å². The molecule has 1 atom stereocenters. The minimum absolute atomic E-state index is 0.0683. The summed E-state index contributed by atoms with van der Waals surface area (Å²) in [7, 11) is 1.72. The fourth-order valence-corrected chi connectivity index (χ4v) is 3.78. The number of carbonyl (C=O) groups is 1. The van der Waals surface area contributed by atoms with Gasteiger partial charge in [0.05, 0.1) is 6.54 Å². The summed E-state index contributed by atoms with van der Waals surface area (Å²) in [6, 6.07) is 10.2. The number of carbonyl (C=O) groups excluding carboxylic acids is 1. The molecule has 1 aromatic heterocycles. The Balaban J connectivity index is 1.49. The Morgan fingerprint density at radius 2 is 2.16 bits per heavy atom. The summed E-state index contributed by atoms with van der Waals surface area (Å²) >= 11 is 1.71. The van der Waals surface area contributed by atoms with Gasteiger partial charge in [-0.15, -0.1) is 0 Å². The van der Waals surface area contributed by atoms with E-state index < -0.39 is 0 Å². The number of nitrogens with one attached hydrogen (secondary N) is 2. The second-order valence-electron chi connectivity index (χ2n) is 6.19. The van der Waals surface area contributed by atoms with Gasteiger partial charge in [-0.3, -0.25) is 9.79 Å². The summed E-state index contributed by atoms with van der Waals surface area (Å²) in [5, 5.41) is 10.7. The largest absolute Gasteiger partial charge is 0.356 e. The number of rotatable bonds is 5. The third-order valence-electron chi connectivity index (χ3n) is 4.51. The molecule has 5 nitrogen and oxygen atoms in total. The number of hydrogen-bond acceptors (Lipinski definition) is 3. The van der Waals surface area contributed by atoms with E-state index in [4.69, 9.17) is 0 Å². The van der Waals surface area contributed by atoms with Crippen molar-refractivity contribution in [1.82, 2.24) is 10.6 Å². The quantitative estimate of drug-likeness (QED) is 0.640. The lowest BCUT2D eigenvalue weighted by Crippen LogP contribution is -2.45. The molecule has 2 aromatic rings. The van der Waals surface area contributed by atoms with Crippen LogP contribution in [-0.2, 0) is 11.2 Å². The second kappa shape index (κ2) is 8.16. The van der Waals surface area contributed by atoms with E-state index in [9.17, 15) is 4.79 Å². The molecule has 0 radical (unpaired) electrons. The van der Waals surface area contributed by atoms with Crippen molar-refractivity contribution in [3.05, 3.63) is 52.2 Å². The number of fused-ring (bicyclic) bond motifs is 1. The lowest BCUT2D eigenvalue weighted by atomic mass is 10.1. The summed E-state index contributed by atoms with van der Waals surface area (Å²) in [5.41, 5.74) is 3.59. The van der Waals surface area contributed by atoms with Crippen LogP contribution < -0.4 is 15.5 Å². The third kappa shape index (κ3) is 4.20. The van der Waals surface area contributed by atoms with E-state index in [0.29, 0.717) is 11.9 Å². The number of nitrogens with zero attached hydrogens (tertiary/aromatic N) is 2. The van der Waals surface area contributed by atoms with Gasteiger partial charge in [-0.2, -0.15) is 11.3 Å². The molecule has 0 fully saturated rings. The summed E-state index contributed by atoms with van der Waals surface area (Å²) in [5.74, 6) is 1.12. The standard InChI is InChI=1S/C19H24N4OS/c1-14(16-8-10-25-13-16)11-21-19(20-2)22-12-18(24)23-9-7-15-5-3-4-6-17(15)23/h3-6,8,10,13-14H,7,9,11-12H2,1-2H3,(H2,20,21,22). The molecular weight excluding hydrogens is 332 g/mol. The Morgan fingerprint density at radius 3 is 2.92 bits per heavy atom. The molecule has 1 aromatic carbocycles. The number of aliphatic imine (C=N–C) groups is 1. The van der Waals surface area contributed by atoms with Crippen LogP contribution in [-0.4, -0.2) is 38.5 Å². The molecule has 2 N–H and O–H groups in total. The zero-order chi connectivity index (χ0) is 17.6. The van der Waals surface area contributed by atoms with Gasteiger partial charge in [0.25, 0.3) is 0 Å². The molecule has 0 spiro atoms. The zero-order valence-corrected chi connectivity index (χ0v) is 15.5. The number of hydrogen-bond donors (Lipinski definition) is 2. The van der Waals surface area contributed by atoms with Crippen molar-refractivity contribution in [3.8, 4) is 0 Å². The first-order chi connectivity index (χ1) is 12.2. The van der Waals surface area contributed by atoms with E-state index in [1.807, 2.05) is 23.1 Å². The van der Waals surface area contributed by atoms with E-state index in [1.54, 1.807) is 18.4 Å². The average molecular weight is 356 g/mol. The first-order valence-corrected chi connectivity index (χ1v) is 9.48. The van der Waals surface area contributed by atoms with Crippen molar-refractivity contribution in [3.63, 3.8) is 0 Å². The number of guanidine groups is 1. The molecule has 0 saturated heterocycles. The van der Waals surface area contributed by atoms with E-state index in [-0.39, 0.29) is 12.5 Å². The number of amides is 1. The molecular formula is C19H24N4OS. The van der Waals surface area contributed by atoms with Crippen LogP contribution in [0.25, 0.3) is 0 Å². The molecule has 25 heavy (non-hydrogen) atoms. The molecule has 132 valence electrons. The van der Waals surface area contributed by atoms with E-state index in [0.717, 1.165) is 25.2 Å². The first-order valence-electron chi connectivity index (χ1n) is 8.54. The smallest absolute Gasteiger partial charge is 0.246 e. The SMILES string of the molecule is CN=C(NCC(=O)N1CCc2ccccc21)NCC(C)c1ccsc1. The predicted molar refractivity (Wildman–Crippen MR) is 105 cm³/mol. The summed E-state index contributed by atoms with van der Waals surface area (Å²) in [6.45, 7) is 3.94. The van der Waals surface area contributed by atoms with Crippen LogP contribution in [0, 0.1) is 0 Å². The van der Waals surface area contributed by atoms with Gasteiger partial charge in [0.2, 0.25) is 5.91 Å². The van der Waals surface area contributed by atoms with Crippen LogP contribution >= 0.6 is 11.3 Å². The van der Waals surface area contributed by atoms with Gasteiger partial charge in [-0.05, 0) is 46.4 Å². The maximum Gasteiger partial charge on any atom is 0.246 e. The molecule has 3 rings (SSSR count). The summed E-state index contributed by atoms with van der Waals surface area (Å²) in [4.78, 5) is 18.6. The Labute approximate surface area is 152 Å². The Bertz CT molecular complexity index is 742. The molecule has 0 saturated carbocycles. The highest BCUT2D eigenvalue weighted by Gasteiger charge is 2.23. The third-order valence-corrected chi connectivity index (χ3v) is 5.21. The second-order valence-corrected chi connectivity index (χ2v) is 6.97. The molecule has 1 amide bonds. The van der Waals surface area contributed by atoms with Crippen molar-refractivity contribution >= 4 is 28.9 Å². The van der Waals surface area contributed by atoms with Crippen molar-refractivity contribution < 1.29 is 4.79 Å². The fourth-order valence-electron chi connectivity index (χ4n) is 3.00. The molecule has 0 bridgehead atoms. The van der Waals surface area contributed by atoms with E-state index in [2.05, 4.69) is 45.4 Å². The van der Waals surface area contributed by atoms with Gasteiger partial charge in [-0.1, -0.05) is 25.1 Å². The highest BCUT2D eigenvalue weighted by Crippen LogP contribution is 2.27. The van der Waals surface area contributed by atoms with Gasteiger partial charge >= 0.3 is 0 Å². The lowest BCUT2D eigenvalue weighted by Gasteiger charge is -2.19. The molecule has 1 unspecified atom stereocenters. The normalized spacial score (nSPS) is 15.0. The number of para-hydroxylation sites is 1. The van der Waals surface area contributed by atoms with Gasteiger partial charge in [0.15, 0.2) is 5.96 Å². The molecule has 6 heteroatoms. The number of thiophene rings is 1. The van der Waals surface area contributed by atoms with Crippen LogP contribution in [0.15, 0.2) is 46.1 Å². The van der Waals surface area contributed by atoms with Gasteiger partial charge < -0.3 is 15.5 Å². The number of anilines is 1. The maximum absolute atomic E-state index is 12.5.